The molecule has 1 amide bonds. The van der Waals surface area contributed by atoms with Crippen LogP contribution in [0.2, 0.25) is 0 Å². The Morgan fingerprint density at radius 2 is 2.19 bits per heavy atom. The fourth-order valence-corrected chi connectivity index (χ4v) is 2.18. The van der Waals surface area contributed by atoms with E-state index in [1.54, 1.807) is 0 Å². The Kier molecular flexibility index (Phi) is 3.10. The molecule has 1 aliphatic heterocycles. The summed E-state index contributed by atoms with van der Waals surface area (Å²) in [7, 11) is 0. The Balaban J connectivity index is 2.16. The van der Waals surface area contributed by atoms with E-state index in [0.717, 1.165) is 13.0 Å². The third-order valence-electron chi connectivity index (χ3n) is 2.90. The number of nitrogens with zero attached hydrogens (tertiary/aromatic N) is 1. The maximum absolute atomic E-state index is 10.8. The van der Waals surface area contributed by atoms with Gasteiger partial charge in [-0.15, -0.1) is 0 Å². The molecule has 0 radical (unpaired) electrons. The van der Waals surface area contributed by atoms with Gasteiger partial charge in [-0.25, -0.2) is 0 Å². The third kappa shape index (κ3) is 2.33. The Bertz CT molecular complexity index is 392. The first-order valence-electron chi connectivity index (χ1n) is 5.53. The average molecular weight is 219 g/mol. The molecule has 1 atom stereocenters. The standard InChI is InChI=1S/C12H17N3O/c13-10-7-9-3-1-2-4-11(9)15(8-10)6-5-12(14)16/h1-4,10H,5-8,13H2,(H2,14,16). The van der Waals surface area contributed by atoms with Crippen molar-refractivity contribution in [3.8, 4) is 0 Å². The number of hydrogen-bond acceptors (Lipinski definition) is 3. The van der Waals surface area contributed by atoms with Gasteiger partial charge in [0.2, 0.25) is 5.91 Å². The molecule has 0 saturated heterocycles. The van der Waals surface area contributed by atoms with Crippen LogP contribution >= 0.6 is 0 Å². The zero-order chi connectivity index (χ0) is 11.5. The van der Waals surface area contributed by atoms with E-state index in [9.17, 15) is 4.79 Å². The molecule has 1 aromatic carbocycles. The molecule has 0 bridgehead atoms. The summed E-state index contributed by atoms with van der Waals surface area (Å²) in [6.07, 6.45) is 1.28. The number of rotatable bonds is 3. The molecule has 1 unspecified atom stereocenters. The normalized spacial score (nSPS) is 19.3. The average Bonchev–Trinajstić information content (AvgIpc) is 2.25. The largest absolute Gasteiger partial charge is 0.370 e. The second-order valence-electron chi connectivity index (χ2n) is 4.26. The van der Waals surface area contributed by atoms with Crippen LogP contribution in [0.4, 0.5) is 5.69 Å². The lowest BCUT2D eigenvalue weighted by Crippen LogP contribution is -2.44. The van der Waals surface area contributed by atoms with Gasteiger partial charge in [-0.1, -0.05) is 18.2 Å². The van der Waals surface area contributed by atoms with Crippen molar-refractivity contribution in [2.75, 3.05) is 18.0 Å². The molecule has 4 heteroatoms. The summed E-state index contributed by atoms with van der Waals surface area (Å²) >= 11 is 0. The first-order valence-corrected chi connectivity index (χ1v) is 5.53. The molecule has 16 heavy (non-hydrogen) atoms. The number of fused-ring (bicyclic) bond motifs is 1. The maximum Gasteiger partial charge on any atom is 0.219 e. The fourth-order valence-electron chi connectivity index (χ4n) is 2.18. The van der Waals surface area contributed by atoms with E-state index >= 15 is 0 Å². The van der Waals surface area contributed by atoms with Gasteiger partial charge in [-0.2, -0.15) is 0 Å². The highest BCUT2D eigenvalue weighted by Gasteiger charge is 2.21. The summed E-state index contributed by atoms with van der Waals surface area (Å²) in [4.78, 5) is 12.9. The van der Waals surface area contributed by atoms with Crippen molar-refractivity contribution in [2.24, 2.45) is 11.5 Å². The highest BCUT2D eigenvalue weighted by molar-refractivity contribution is 5.74. The van der Waals surface area contributed by atoms with E-state index in [1.165, 1.54) is 11.3 Å². The summed E-state index contributed by atoms with van der Waals surface area (Å²) < 4.78 is 0. The molecule has 1 heterocycles. The van der Waals surface area contributed by atoms with Crippen LogP contribution in [0.3, 0.4) is 0 Å². The maximum atomic E-state index is 10.8. The quantitative estimate of drug-likeness (QED) is 0.765. The lowest BCUT2D eigenvalue weighted by molar-refractivity contribution is -0.117. The van der Waals surface area contributed by atoms with E-state index < -0.39 is 0 Å². The van der Waals surface area contributed by atoms with Crippen LogP contribution < -0.4 is 16.4 Å². The number of carbonyl (C=O) groups is 1. The van der Waals surface area contributed by atoms with Crippen LogP contribution in [0, 0.1) is 0 Å². The number of carbonyl (C=O) groups excluding carboxylic acids is 1. The van der Waals surface area contributed by atoms with Crippen molar-refractivity contribution >= 4 is 11.6 Å². The summed E-state index contributed by atoms with van der Waals surface area (Å²) in [6, 6.07) is 8.33. The van der Waals surface area contributed by atoms with Gasteiger partial charge in [0.15, 0.2) is 0 Å². The lowest BCUT2D eigenvalue weighted by Gasteiger charge is -2.34. The van der Waals surface area contributed by atoms with Crippen molar-refractivity contribution in [1.82, 2.24) is 0 Å². The van der Waals surface area contributed by atoms with Gasteiger partial charge in [0.25, 0.3) is 0 Å². The van der Waals surface area contributed by atoms with E-state index in [4.69, 9.17) is 11.5 Å². The van der Waals surface area contributed by atoms with Gasteiger partial charge in [0.05, 0.1) is 0 Å². The molecule has 4 nitrogen and oxygen atoms in total. The smallest absolute Gasteiger partial charge is 0.219 e. The molecule has 0 saturated carbocycles. The Morgan fingerprint density at radius 3 is 2.94 bits per heavy atom. The zero-order valence-corrected chi connectivity index (χ0v) is 9.23. The zero-order valence-electron chi connectivity index (χ0n) is 9.23. The summed E-state index contributed by atoms with van der Waals surface area (Å²) in [5, 5.41) is 0. The van der Waals surface area contributed by atoms with E-state index in [2.05, 4.69) is 17.0 Å². The van der Waals surface area contributed by atoms with Crippen molar-refractivity contribution < 1.29 is 4.79 Å². The van der Waals surface area contributed by atoms with Crippen LogP contribution in [0.25, 0.3) is 0 Å². The van der Waals surface area contributed by atoms with Crippen LogP contribution in [0.1, 0.15) is 12.0 Å². The van der Waals surface area contributed by atoms with Crippen molar-refractivity contribution in [2.45, 2.75) is 18.9 Å². The van der Waals surface area contributed by atoms with Crippen molar-refractivity contribution in [3.05, 3.63) is 29.8 Å². The number of para-hydroxylation sites is 1. The summed E-state index contributed by atoms with van der Waals surface area (Å²) in [6.45, 7) is 1.45. The minimum atomic E-state index is -0.267. The predicted molar refractivity (Wildman–Crippen MR) is 64.1 cm³/mol. The van der Waals surface area contributed by atoms with Gasteiger partial charge in [0.1, 0.15) is 0 Å². The lowest BCUT2D eigenvalue weighted by atomic mass is 9.98. The molecular weight excluding hydrogens is 202 g/mol. The van der Waals surface area contributed by atoms with Crippen LogP contribution in [-0.4, -0.2) is 25.0 Å². The monoisotopic (exact) mass is 219 g/mol. The first kappa shape index (κ1) is 11.0. The molecule has 2 rings (SSSR count). The third-order valence-corrected chi connectivity index (χ3v) is 2.90. The van der Waals surface area contributed by atoms with Crippen molar-refractivity contribution in [3.63, 3.8) is 0 Å². The molecule has 0 fully saturated rings. The van der Waals surface area contributed by atoms with Gasteiger partial charge >= 0.3 is 0 Å². The molecule has 0 spiro atoms. The molecule has 86 valence electrons. The van der Waals surface area contributed by atoms with E-state index in [1.807, 2.05) is 12.1 Å². The summed E-state index contributed by atoms with van der Waals surface area (Å²) in [5.74, 6) is -0.267. The van der Waals surface area contributed by atoms with Crippen molar-refractivity contribution in [1.29, 1.82) is 0 Å². The molecule has 0 aromatic heterocycles. The molecule has 4 N–H and O–H groups in total. The van der Waals surface area contributed by atoms with Crippen LogP contribution in [-0.2, 0) is 11.2 Å². The highest BCUT2D eigenvalue weighted by Crippen LogP contribution is 2.26. The predicted octanol–water partition coefficient (Wildman–Crippen LogP) is 0.252. The second kappa shape index (κ2) is 4.53. The molecule has 1 aromatic rings. The van der Waals surface area contributed by atoms with Gasteiger partial charge in [0, 0.05) is 31.2 Å². The molecule has 0 aliphatic carbocycles. The molecular formula is C12H17N3O. The number of nitrogens with two attached hydrogens (primary N) is 2. The first-order chi connectivity index (χ1) is 7.66. The summed E-state index contributed by atoms with van der Waals surface area (Å²) in [5.41, 5.74) is 13.6. The van der Waals surface area contributed by atoms with E-state index in [0.29, 0.717) is 13.0 Å². The second-order valence-corrected chi connectivity index (χ2v) is 4.26. The van der Waals surface area contributed by atoms with Crippen LogP contribution in [0.5, 0.6) is 0 Å². The number of amides is 1. The number of benzene rings is 1. The van der Waals surface area contributed by atoms with Crippen LogP contribution in [0.15, 0.2) is 24.3 Å². The minimum Gasteiger partial charge on any atom is -0.370 e. The Hall–Kier alpha value is -1.55. The Labute approximate surface area is 95.2 Å². The highest BCUT2D eigenvalue weighted by atomic mass is 16.1. The SMILES string of the molecule is NC(=O)CCN1CC(N)Cc2ccccc21. The minimum absolute atomic E-state index is 0.141. The molecule has 1 aliphatic rings. The fraction of sp³-hybridized carbons (Fsp3) is 0.417. The Morgan fingerprint density at radius 1 is 1.44 bits per heavy atom. The number of anilines is 1. The van der Waals surface area contributed by atoms with E-state index in [-0.39, 0.29) is 11.9 Å². The topological polar surface area (TPSA) is 72.4 Å². The van der Waals surface area contributed by atoms with Gasteiger partial charge in [-0.3, -0.25) is 4.79 Å². The van der Waals surface area contributed by atoms with Gasteiger partial charge < -0.3 is 16.4 Å². The number of primary amides is 1. The van der Waals surface area contributed by atoms with Gasteiger partial charge in [-0.05, 0) is 18.1 Å². The number of hydrogen-bond donors (Lipinski definition) is 2.